The minimum atomic E-state index is -0.700. The van der Waals surface area contributed by atoms with E-state index in [0.29, 0.717) is 24.5 Å². The molecule has 0 amide bonds. The van der Waals surface area contributed by atoms with Crippen LogP contribution in [0.15, 0.2) is 27.2 Å². The van der Waals surface area contributed by atoms with Gasteiger partial charge in [0.05, 0.1) is 32.0 Å². The molecule has 2 aromatic heterocycles. The van der Waals surface area contributed by atoms with Crippen LogP contribution in [0.1, 0.15) is 99.7 Å². The molecule has 0 spiro atoms. The lowest BCUT2D eigenvalue weighted by Gasteiger charge is -2.19. The van der Waals surface area contributed by atoms with Crippen molar-refractivity contribution in [2.75, 3.05) is 26.4 Å². The monoisotopic (exact) mass is 542 g/mol. The lowest BCUT2D eigenvalue weighted by atomic mass is 9.95. The predicted molar refractivity (Wildman–Crippen MR) is 144 cm³/mol. The van der Waals surface area contributed by atoms with Crippen molar-refractivity contribution in [2.24, 2.45) is 0 Å². The minimum Gasteiger partial charge on any atom is -0.493 e. The lowest BCUT2D eigenvalue weighted by molar-refractivity contribution is 0.0504. The summed E-state index contributed by atoms with van der Waals surface area (Å²) in [6, 6.07) is 5.17. The SMILES string of the molecule is CCCCOc1cc(OCCCC)c(C(C)C)cc1-c1onc(C(=O)OCC)c1-c1cc(C(=O)OCC)no1. The van der Waals surface area contributed by atoms with Crippen LogP contribution in [0.2, 0.25) is 0 Å². The zero-order valence-corrected chi connectivity index (χ0v) is 23.6. The Hall–Kier alpha value is -3.82. The highest BCUT2D eigenvalue weighted by molar-refractivity contribution is 5.99. The number of hydrogen-bond acceptors (Lipinski definition) is 10. The number of aromatic nitrogens is 2. The number of rotatable bonds is 15. The van der Waals surface area contributed by atoms with Gasteiger partial charge in [0, 0.05) is 12.1 Å². The average molecular weight is 543 g/mol. The van der Waals surface area contributed by atoms with Crippen LogP contribution in [0.5, 0.6) is 11.5 Å². The van der Waals surface area contributed by atoms with Gasteiger partial charge >= 0.3 is 11.9 Å². The van der Waals surface area contributed by atoms with Gasteiger partial charge in [0.15, 0.2) is 17.2 Å². The minimum absolute atomic E-state index is 0.0456. The van der Waals surface area contributed by atoms with E-state index >= 15 is 0 Å². The van der Waals surface area contributed by atoms with Crippen molar-refractivity contribution in [1.82, 2.24) is 10.3 Å². The molecule has 212 valence electrons. The van der Waals surface area contributed by atoms with E-state index in [4.69, 9.17) is 28.0 Å². The van der Waals surface area contributed by atoms with Gasteiger partial charge in [-0.2, -0.15) is 0 Å². The molecule has 39 heavy (non-hydrogen) atoms. The second-order valence-electron chi connectivity index (χ2n) is 9.20. The molecule has 0 saturated heterocycles. The van der Waals surface area contributed by atoms with Crippen LogP contribution in [0.25, 0.3) is 22.6 Å². The molecule has 1 aromatic carbocycles. The van der Waals surface area contributed by atoms with Crippen molar-refractivity contribution in [3.63, 3.8) is 0 Å². The molecule has 0 bridgehead atoms. The number of ether oxygens (including phenoxy) is 4. The Bertz CT molecular complexity index is 1240. The summed E-state index contributed by atoms with van der Waals surface area (Å²) in [7, 11) is 0. The zero-order valence-electron chi connectivity index (χ0n) is 23.6. The van der Waals surface area contributed by atoms with Crippen LogP contribution in [0, 0.1) is 0 Å². The molecule has 0 unspecified atom stereocenters. The Morgan fingerprint density at radius 1 is 0.821 bits per heavy atom. The molecule has 3 aromatic rings. The Labute approximate surface area is 228 Å². The van der Waals surface area contributed by atoms with Gasteiger partial charge in [0.2, 0.25) is 5.69 Å². The number of unbranched alkanes of at least 4 members (excludes halogenated alkanes) is 2. The first-order valence-electron chi connectivity index (χ1n) is 13.6. The summed E-state index contributed by atoms with van der Waals surface area (Å²) in [5.41, 5.74) is 1.55. The summed E-state index contributed by atoms with van der Waals surface area (Å²) in [5, 5.41) is 7.87. The normalized spacial score (nSPS) is 11.1. The van der Waals surface area contributed by atoms with E-state index in [-0.39, 0.29) is 47.6 Å². The first kappa shape index (κ1) is 29.7. The van der Waals surface area contributed by atoms with Crippen molar-refractivity contribution in [1.29, 1.82) is 0 Å². The summed E-state index contributed by atoms with van der Waals surface area (Å²) in [5.74, 6) is 0.323. The molecule has 0 aliphatic rings. The summed E-state index contributed by atoms with van der Waals surface area (Å²) >= 11 is 0. The third-order valence-corrected chi connectivity index (χ3v) is 5.89. The van der Waals surface area contributed by atoms with Gasteiger partial charge in [-0.25, -0.2) is 9.59 Å². The Morgan fingerprint density at radius 2 is 1.46 bits per heavy atom. The molecule has 0 aliphatic carbocycles. The second-order valence-corrected chi connectivity index (χ2v) is 9.20. The molecule has 0 atom stereocenters. The summed E-state index contributed by atoms with van der Waals surface area (Å²) < 4.78 is 33.8. The first-order chi connectivity index (χ1) is 18.9. The van der Waals surface area contributed by atoms with E-state index in [1.165, 1.54) is 6.07 Å². The maximum atomic E-state index is 12.8. The Balaban J connectivity index is 2.22. The van der Waals surface area contributed by atoms with Crippen LogP contribution >= 0.6 is 0 Å². The van der Waals surface area contributed by atoms with E-state index in [1.54, 1.807) is 13.8 Å². The molecule has 0 aliphatic heterocycles. The fourth-order valence-corrected chi connectivity index (χ4v) is 3.84. The Kier molecular flexibility index (Phi) is 11.0. The number of benzene rings is 1. The summed E-state index contributed by atoms with van der Waals surface area (Å²) in [6.45, 7) is 13.1. The predicted octanol–water partition coefficient (Wildman–Crippen LogP) is 6.83. The maximum Gasteiger partial charge on any atom is 0.361 e. The molecule has 0 fully saturated rings. The average Bonchev–Trinajstić information content (AvgIpc) is 3.57. The second kappa shape index (κ2) is 14.4. The number of hydrogen-bond donors (Lipinski definition) is 0. The van der Waals surface area contributed by atoms with E-state index < -0.39 is 11.9 Å². The Morgan fingerprint density at radius 3 is 2.08 bits per heavy atom. The highest BCUT2D eigenvalue weighted by Crippen LogP contribution is 2.44. The number of esters is 2. The van der Waals surface area contributed by atoms with Crippen LogP contribution in [0.4, 0.5) is 0 Å². The van der Waals surface area contributed by atoms with E-state index in [0.717, 1.165) is 37.0 Å². The molecule has 2 heterocycles. The number of carbonyl (C=O) groups excluding carboxylic acids is 2. The van der Waals surface area contributed by atoms with Gasteiger partial charge in [-0.15, -0.1) is 0 Å². The highest BCUT2D eigenvalue weighted by atomic mass is 16.5. The summed E-state index contributed by atoms with van der Waals surface area (Å²) in [4.78, 5) is 25.1. The number of carbonyl (C=O) groups is 2. The molecule has 0 radical (unpaired) electrons. The largest absolute Gasteiger partial charge is 0.493 e. The standard InChI is InChI=1S/C29H38N2O8/c1-7-11-13-36-22-17-23(37-14-12-8-2)20(15-19(22)18(5)6)27-25(26(31-39-27)29(33)35-10-4)24-16-21(30-38-24)28(32)34-9-3/h15-18H,7-14H2,1-6H3. The van der Waals surface area contributed by atoms with Gasteiger partial charge in [0.25, 0.3) is 0 Å². The van der Waals surface area contributed by atoms with E-state index in [2.05, 4.69) is 38.0 Å². The third kappa shape index (κ3) is 7.19. The molecule has 10 nitrogen and oxygen atoms in total. The van der Waals surface area contributed by atoms with E-state index in [1.807, 2.05) is 12.1 Å². The quantitative estimate of drug-likeness (QED) is 0.149. The maximum absolute atomic E-state index is 12.8. The van der Waals surface area contributed by atoms with Gasteiger partial charge in [-0.05, 0) is 44.2 Å². The van der Waals surface area contributed by atoms with Gasteiger partial charge in [0.1, 0.15) is 17.1 Å². The zero-order chi connectivity index (χ0) is 28.4. The van der Waals surface area contributed by atoms with Crippen LogP contribution in [0.3, 0.4) is 0 Å². The summed E-state index contributed by atoms with van der Waals surface area (Å²) in [6.07, 6.45) is 3.74. The van der Waals surface area contributed by atoms with Crippen LogP contribution in [-0.2, 0) is 9.47 Å². The van der Waals surface area contributed by atoms with Crippen molar-refractivity contribution >= 4 is 11.9 Å². The first-order valence-corrected chi connectivity index (χ1v) is 13.6. The number of nitrogens with zero attached hydrogens (tertiary/aromatic N) is 2. The van der Waals surface area contributed by atoms with Gasteiger partial charge in [-0.3, -0.25) is 0 Å². The molecule has 0 saturated carbocycles. The fourth-order valence-electron chi connectivity index (χ4n) is 3.84. The topological polar surface area (TPSA) is 123 Å². The van der Waals surface area contributed by atoms with Crippen LogP contribution in [-0.4, -0.2) is 48.7 Å². The van der Waals surface area contributed by atoms with Gasteiger partial charge in [-0.1, -0.05) is 50.8 Å². The highest BCUT2D eigenvalue weighted by Gasteiger charge is 2.31. The van der Waals surface area contributed by atoms with E-state index in [9.17, 15) is 9.59 Å². The van der Waals surface area contributed by atoms with Gasteiger partial charge < -0.3 is 28.0 Å². The lowest BCUT2D eigenvalue weighted by Crippen LogP contribution is -2.07. The smallest absolute Gasteiger partial charge is 0.361 e. The molecular weight excluding hydrogens is 504 g/mol. The van der Waals surface area contributed by atoms with Crippen molar-refractivity contribution in [3.8, 4) is 34.1 Å². The third-order valence-electron chi connectivity index (χ3n) is 5.89. The van der Waals surface area contributed by atoms with Crippen molar-refractivity contribution < 1.29 is 37.6 Å². The van der Waals surface area contributed by atoms with Crippen molar-refractivity contribution in [3.05, 3.63) is 35.2 Å². The molecular formula is C29H38N2O8. The fraction of sp³-hybridized carbons (Fsp3) is 0.517. The van der Waals surface area contributed by atoms with Crippen LogP contribution < -0.4 is 9.47 Å². The molecule has 3 rings (SSSR count). The molecule has 0 N–H and O–H groups in total. The van der Waals surface area contributed by atoms with Crippen molar-refractivity contribution in [2.45, 2.75) is 73.1 Å². The molecule has 10 heteroatoms.